The van der Waals surface area contributed by atoms with Crippen molar-refractivity contribution in [2.24, 2.45) is 5.92 Å². The molecule has 6 heteroatoms. The molecule has 4 rings (SSSR count). The molecule has 0 bridgehead atoms. The number of phenols is 1. The van der Waals surface area contributed by atoms with Gasteiger partial charge in [-0.3, -0.25) is 4.79 Å². The molecule has 0 fully saturated rings. The van der Waals surface area contributed by atoms with Crippen molar-refractivity contribution in [2.75, 3.05) is 0 Å². The predicted octanol–water partition coefficient (Wildman–Crippen LogP) is 2.52. The van der Waals surface area contributed by atoms with Crippen LogP contribution in [0.5, 0.6) is 5.75 Å². The number of phenolic OH excluding ortho intramolecular Hbond substituents is 1. The summed E-state index contributed by atoms with van der Waals surface area (Å²) < 4.78 is 0. The number of aliphatic carboxylic acids is 1. The molecule has 1 unspecified atom stereocenters. The molecule has 0 saturated carbocycles. The van der Waals surface area contributed by atoms with Gasteiger partial charge in [0.1, 0.15) is 5.75 Å². The van der Waals surface area contributed by atoms with E-state index in [2.05, 4.69) is 15.2 Å². The van der Waals surface area contributed by atoms with Gasteiger partial charge in [0.05, 0.1) is 11.6 Å². The summed E-state index contributed by atoms with van der Waals surface area (Å²) in [6, 6.07) is 8.84. The largest absolute Gasteiger partial charge is 0.507 e. The molecule has 0 radical (unpaired) electrons. The Hall–Kier alpha value is -2.89. The standard InChI is InChI=1S/C17H15N3O3/c21-15-4-2-1-3-10(15)14-8-12-11-7-9(17(22)23)5-6-13(11)18-16(12)20-19-14/h1-4,8-9,21H,5-7H2,(H,18,20)(H,22,23). The zero-order valence-electron chi connectivity index (χ0n) is 12.3. The number of nitrogens with zero attached hydrogens (tertiary/aromatic N) is 2. The highest BCUT2D eigenvalue weighted by Crippen LogP contribution is 2.34. The molecule has 2 heterocycles. The van der Waals surface area contributed by atoms with E-state index in [9.17, 15) is 15.0 Å². The molecule has 116 valence electrons. The van der Waals surface area contributed by atoms with Crippen LogP contribution in [0.3, 0.4) is 0 Å². The van der Waals surface area contributed by atoms with Crippen LogP contribution in [-0.2, 0) is 17.6 Å². The molecule has 0 amide bonds. The van der Waals surface area contributed by atoms with Crippen molar-refractivity contribution in [1.82, 2.24) is 15.2 Å². The van der Waals surface area contributed by atoms with Gasteiger partial charge in [-0.1, -0.05) is 12.1 Å². The fourth-order valence-electron chi connectivity index (χ4n) is 3.24. The quantitative estimate of drug-likeness (QED) is 0.675. The zero-order valence-corrected chi connectivity index (χ0v) is 12.3. The Kier molecular flexibility index (Phi) is 3.04. The maximum absolute atomic E-state index is 11.3. The average molecular weight is 309 g/mol. The molecule has 0 saturated heterocycles. The first kappa shape index (κ1) is 13.8. The molecule has 23 heavy (non-hydrogen) atoms. The van der Waals surface area contributed by atoms with Crippen LogP contribution in [0, 0.1) is 5.92 Å². The number of benzene rings is 1. The number of hydrogen-bond acceptors (Lipinski definition) is 4. The highest BCUT2D eigenvalue weighted by Gasteiger charge is 2.27. The highest BCUT2D eigenvalue weighted by molar-refractivity contribution is 5.86. The van der Waals surface area contributed by atoms with Crippen LogP contribution in [-0.4, -0.2) is 31.4 Å². The summed E-state index contributed by atoms with van der Waals surface area (Å²) in [6.45, 7) is 0. The molecule has 0 aliphatic heterocycles. The summed E-state index contributed by atoms with van der Waals surface area (Å²) in [6.07, 6.45) is 1.83. The summed E-state index contributed by atoms with van der Waals surface area (Å²) in [7, 11) is 0. The second-order valence-corrected chi connectivity index (χ2v) is 5.87. The fourth-order valence-corrected chi connectivity index (χ4v) is 3.24. The Labute approximate surface area is 131 Å². The number of aryl methyl sites for hydroxylation is 1. The second kappa shape index (κ2) is 5.08. The number of rotatable bonds is 2. The monoisotopic (exact) mass is 309 g/mol. The topological polar surface area (TPSA) is 99.1 Å². The van der Waals surface area contributed by atoms with Gasteiger partial charge in [-0.2, -0.15) is 0 Å². The third kappa shape index (κ3) is 2.23. The predicted molar refractivity (Wildman–Crippen MR) is 84.1 cm³/mol. The Balaban J connectivity index is 1.85. The number of hydrogen-bond donors (Lipinski definition) is 3. The molecular formula is C17H15N3O3. The van der Waals surface area contributed by atoms with E-state index >= 15 is 0 Å². The number of carboxylic acids is 1. The number of carboxylic acid groups (broad SMARTS) is 1. The van der Waals surface area contributed by atoms with E-state index in [0.29, 0.717) is 36.2 Å². The maximum atomic E-state index is 11.3. The molecule has 2 aromatic heterocycles. The number of fused-ring (bicyclic) bond motifs is 3. The number of carbonyl (C=O) groups is 1. The Morgan fingerprint density at radius 1 is 1.26 bits per heavy atom. The van der Waals surface area contributed by atoms with Crippen LogP contribution in [0.15, 0.2) is 30.3 Å². The van der Waals surface area contributed by atoms with Crippen molar-refractivity contribution >= 4 is 17.0 Å². The normalized spacial score (nSPS) is 17.1. The van der Waals surface area contributed by atoms with Crippen LogP contribution in [0.25, 0.3) is 22.3 Å². The first-order valence-electron chi connectivity index (χ1n) is 7.52. The number of nitrogens with one attached hydrogen (secondary N) is 1. The van der Waals surface area contributed by atoms with Crippen molar-refractivity contribution in [1.29, 1.82) is 0 Å². The maximum Gasteiger partial charge on any atom is 0.306 e. The van der Waals surface area contributed by atoms with Crippen molar-refractivity contribution < 1.29 is 15.0 Å². The minimum Gasteiger partial charge on any atom is -0.507 e. The molecular weight excluding hydrogens is 294 g/mol. The van der Waals surface area contributed by atoms with Crippen LogP contribution >= 0.6 is 0 Å². The minimum atomic E-state index is -0.757. The van der Waals surface area contributed by atoms with Gasteiger partial charge in [-0.15, -0.1) is 10.2 Å². The minimum absolute atomic E-state index is 0.147. The highest BCUT2D eigenvalue weighted by atomic mass is 16.4. The summed E-state index contributed by atoms with van der Waals surface area (Å²) in [5, 5.41) is 28.5. The van der Waals surface area contributed by atoms with Crippen molar-refractivity contribution in [3.8, 4) is 17.0 Å². The number of aromatic nitrogens is 3. The summed E-state index contributed by atoms with van der Waals surface area (Å²) in [5.74, 6) is -0.967. The van der Waals surface area contributed by atoms with Crippen LogP contribution < -0.4 is 0 Å². The van der Waals surface area contributed by atoms with Crippen LogP contribution in [0.4, 0.5) is 0 Å². The lowest BCUT2D eigenvalue weighted by atomic mass is 9.86. The van der Waals surface area contributed by atoms with Crippen LogP contribution in [0.1, 0.15) is 17.7 Å². The lowest BCUT2D eigenvalue weighted by Gasteiger charge is -2.18. The Bertz CT molecular complexity index is 917. The van der Waals surface area contributed by atoms with Gasteiger partial charge >= 0.3 is 5.97 Å². The van der Waals surface area contributed by atoms with Gasteiger partial charge in [0.2, 0.25) is 0 Å². The van der Waals surface area contributed by atoms with E-state index in [0.717, 1.165) is 16.6 Å². The average Bonchev–Trinajstić information content (AvgIpc) is 2.92. The fraction of sp³-hybridized carbons (Fsp3) is 0.235. The lowest BCUT2D eigenvalue weighted by Crippen LogP contribution is -2.21. The molecule has 3 aromatic rings. The van der Waals surface area contributed by atoms with Gasteiger partial charge < -0.3 is 15.2 Å². The lowest BCUT2D eigenvalue weighted by molar-refractivity contribution is -0.142. The Morgan fingerprint density at radius 3 is 2.87 bits per heavy atom. The number of para-hydroxylation sites is 1. The van der Waals surface area contributed by atoms with Gasteiger partial charge in [-0.25, -0.2) is 0 Å². The SMILES string of the molecule is O=C(O)C1CCc2[nH]c3nnc(-c4ccccc4O)cc3c2C1. The van der Waals surface area contributed by atoms with Crippen molar-refractivity contribution in [3.05, 3.63) is 41.6 Å². The molecule has 1 atom stereocenters. The number of aromatic amines is 1. The molecule has 1 aliphatic carbocycles. The molecule has 1 aliphatic rings. The molecule has 1 aromatic carbocycles. The molecule has 0 spiro atoms. The van der Waals surface area contributed by atoms with E-state index in [1.807, 2.05) is 12.1 Å². The third-order valence-electron chi connectivity index (χ3n) is 4.48. The first-order valence-corrected chi connectivity index (χ1v) is 7.52. The van der Waals surface area contributed by atoms with Gasteiger partial charge in [0, 0.05) is 16.6 Å². The van der Waals surface area contributed by atoms with Gasteiger partial charge in [0.25, 0.3) is 0 Å². The first-order chi connectivity index (χ1) is 11.1. The van der Waals surface area contributed by atoms with E-state index in [1.165, 1.54) is 0 Å². The van der Waals surface area contributed by atoms with Crippen LogP contribution in [0.2, 0.25) is 0 Å². The van der Waals surface area contributed by atoms with Gasteiger partial charge in [0.15, 0.2) is 5.65 Å². The van der Waals surface area contributed by atoms with E-state index < -0.39 is 5.97 Å². The Morgan fingerprint density at radius 2 is 2.09 bits per heavy atom. The summed E-state index contributed by atoms with van der Waals surface area (Å²) >= 11 is 0. The van der Waals surface area contributed by atoms with E-state index in [1.54, 1.807) is 18.2 Å². The van der Waals surface area contributed by atoms with Gasteiger partial charge in [-0.05, 0) is 43.0 Å². The molecule has 6 nitrogen and oxygen atoms in total. The van der Waals surface area contributed by atoms with Crippen molar-refractivity contribution in [2.45, 2.75) is 19.3 Å². The summed E-state index contributed by atoms with van der Waals surface area (Å²) in [4.78, 5) is 14.5. The zero-order chi connectivity index (χ0) is 16.0. The summed E-state index contributed by atoms with van der Waals surface area (Å²) in [5.41, 5.74) is 3.91. The number of H-pyrrole nitrogens is 1. The van der Waals surface area contributed by atoms with Crippen molar-refractivity contribution in [3.63, 3.8) is 0 Å². The third-order valence-corrected chi connectivity index (χ3v) is 4.48. The molecule has 3 N–H and O–H groups in total. The smallest absolute Gasteiger partial charge is 0.306 e. The number of aromatic hydroxyl groups is 1. The van der Waals surface area contributed by atoms with E-state index in [-0.39, 0.29) is 11.7 Å². The van der Waals surface area contributed by atoms with E-state index in [4.69, 9.17) is 0 Å². The second-order valence-electron chi connectivity index (χ2n) is 5.87.